The maximum atomic E-state index is 5.82. The van der Waals surface area contributed by atoms with Crippen molar-refractivity contribution in [3.05, 3.63) is 45.8 Å². The molecule has 0 aliphatic heterocycles. The predicted molar refractivity (Wildman–Crippen MR) is 63.6 cm³/mol. The number of benzene rings is 1. The van der Waals surface area contributed by atoms with Crippen LogP contribution in [0.5, 0.6) is 11.6 Å². The number of nitrogens with zero attached hydrogens (tertiary/aromatic N) is 2. The summed E-state index contributed by atoms with van der Waals surface area (Å²) in [5.41, 5.74) is 0. The van der Waals surface area contributed by atoms with Gasteiger partial charge in [-0.3, -0.25) is 0 Å². The maximum absolute atomic E-state index is 5.82. The van der Waals surface area contributed by atoms with Crippen molar-refractivity contribution in [2.24, 2.45) is 0 Å². The van der Waals surface area contributed by atoms with Gasteiger partial charge in [-0.25, -0.2) is 9.97 Å². The second-order valence-corrected chi connectivity index (χ2v) is 4.09. The van der Waals surface area contributed by atoms with E-state index < -0.39 is 0 Å². The molecule has 1 aromatic carbocycles. The molecular formula is C10H5Cl3N2O. The lowest BCUT2D eigenvalue weighted by Crippen LogP contribution is -1.90. The number of halogens is 3. The molecule has 0 saturated carbocycles. The lowest BCUT2D eigenvalue weighted by Gasteiger charge is -2.05. The second-order valence-electron chi connectivity index (χ2n) is 2.86. The molecule has 1 aromatic heterocycles. The van der Waals surface area contributed by atoms with Crippen LogP contribution in [0.3, 0.4) is 0 Å². The van der Waals surface area contributed by atoms with Gasteiger partial charge in [-0.15, -0.1) is 0 Å². The Bertz CT molecular complexity index is 499. The number of rotatable bonds is 2. The molecule has 0 aliphatic rings. The van der Waals surface area contributed by atoms with Crippen molar-refractivity contribution in [1.29, 1.82) is 0 Å². The molecule has 0 radical (unpaired) electrons. The van der Waals surface area contributed by atoms with Crippen LogP contribution < -0.4 is 4.74 Å². The molecule has 16 heavy (non-hydrogen) atoms. The summed E-state index contributed by atoms with van der Waals surface area (Å²) in [6.45, 7) is 0. The molecular weight excluding hydrogens is 270 g/mol. The highest BCUT2D eigenvalue weighted by Crippen LogP contribution is 2.29. The van der Waals surface area contributed by atoms with E-state index in [0.29, 0.717) is 15.8 Å². The average Bonchev–Trinajstić information content (AvgIpc) is 2.20. The van der Waals surface area contributed by atoms with Gasteiger partial charge in [0.05, 0.1) is 0 Å². The van der Waals surface area contributed by atoms with E-state index in [1.165, 1.54) is 12.4 Å². The Morgan fingerprint density at radius 3 is 2.12 bits per heavy atom. The third-order valence-corrected chi connectivity index (χ3v) is 2.37. The highest BCUT2D eigenvalue weighted by atomic mass is 35.5. The molecule has 0 unspecified atom stereocenters. The molecule has 2 rings (SSSR count). The van der Waals surface area contributed by atoms with Crippen LogP contribution in [0.1, 0.15) is 0 Å². The lowest BCUT2D eigenvalue weighted by molar-refractivity contribution is 0.460. The van der Waals surface area contributed by atoms with Crippen LogP contribution in [0.15, 0.2) is 30.6 Å². The van der Waals surface area contributed by atoms with Gasteiger partial charge in [-0.2, -0.15) is 0 Å². The van der Waals surface area contributed by atoms with Crippen LogP contribution in [0.2, 0.25) is 15.2 Å². The fourth-order valence-electron chi connectivity index (χ4n) is 1.08. The molecule has 0 N–H and O–H groups in total. The summed E-state index contributed by atoms with van der Waals surface area (Å²) in [4.78, 5) is 7.76. The summed E-state index contributed by atoms with van der Waals surface area (Å²) < 4.78 is 5.40. The monoisotopic (exact) mass is 274 g/mol. The average molecular weight is 276 g/mol. The van der Waals surface area contributed by atoms with E-state index in [2.05, 4.69) is 9.97 Å². The molecule has 0 aliphatic carbocycles. The van der Waals surface area contributed by atoms with Crippen molar-refractivity contribution >= 4 is 34.8 Å². The summed E-state index contributed by atoms with van der Waals surface area (Å²) in [6.07, 6.45) is 2.95. The van der Waals surface area contributed by atoms with E-state index in [4.69, 9.17) is 39.5 Å². The maximum Gasteiger partial charge on any atom is 0.257 e. The SMILES string of the molecule is Clc1cc(Cl)cc(Oc2nccnc2Cl)c1. The van der Waals surface area contributed by atoms with E-state index in [1.54, 1.807) is 18.2 Å². The molecule has 1 heterocycles. The van der Waals surface area contributed by atoms with Crippen LogP contribution in [-0.4, -0.2) is 9.97 Å². The van der Waals surface area contributed by atoms with E-state index in [9.17, 15) is 0 Å². The van der Waals surface area contributed by atoms with Gasteiger partial charge in [0, 0.05) is 22.4 Å². The van der Waals surface area contributed by atoms with Gasteiger partial charge in [0.15, 0.2) is 5.15 Å². The third-order valence-electron chi connectivity index (χ3n) is 1.67. The fraction of sp³-hybridized carbons (Fsp3) is 0. The first-order valence-corrected chi connectivity index (χ1v) is 5.39. The van der Waals surface area contributed by atoms with E-state index >= 15 is 0 Å². The summed E-state index contributed by atoms with van der Waals surface area (Å²) in [5.74, 6) is 0.669. The molecule has 0 saturated heterocycles. The predicted octanol–water partition coefficient (Wildman–Crippen LogP) is 4.23. The Morgan fingerprint density at radius 1 is 0.875 bits per heavy atom. The molecule has 82 valence electrons. The summed E-state index contributed by atoms with van der Waals surface area (Å²) in [6, 6.07) is 4.82. The molecule has 0 atom stereocenters. The van der Waals surface area contributed by atoms with E-state index in [-0.39, 0.29) is 11.0 Å². The van der Waals surface area contributed by atoms with Crippen molar-refractivity contribution in [2.45, 2.75) is 0 Å². The van der Waals surface area contributed by atoms with E-state index in [0.717, 1.165) is 0 Å². The normalized spacial score (nSPS) is 10.2. The van der Waals surface area contributed by atoms with Crippen molar-refractivity contribution < 1.29 is 4.74 Å². The topological polar surface area (TPSA) is 35.0 Å². The first-order valence-electron chi connectivity index (χ1n) is 4.25. The molecule has 0 bridgehead atoms. The zero-order valence-corrected chi connectivity index (χ0v) is 10.1. The lowest BCUT2D eigenvalue weighted by atomic mass is 10.3. The van der Waals surface area contributed by atoms with Gasteiger partial charge < -0.3 is 4.74 Å². The van der Waals surface area contributed by atoms with Crippen LogP contribution in [-0.2, 0) is 0 Å². The molecule has 0 amide bonds. The third kappa shape index (κ3) is 2.76. The van der Waals surface area contributed by atoms with Crippen molar-refractivity contribution in [2.75, 3.05) is 0 Å². The summed E-state index contributed by atoms with van der Waals surface area (Å²) in [5, 5.41) is 1.13. The van der Waals surface area contributed by atoms with Gasteiger partial charge in [-0.05, 0) is 18.2 Å². The Balaban J connectivity index is 2.30. The van der Waals surface area contributed by atoms with E-state index in [1.807, 2.05) is 0 Å². The van der Waals surface area contributed by atoms with Gasteiger partial charge in [0.2, 0.25) is 0 Å². The largest absolute Gasteiger partial charge is 0.436 e. The standard InChI is InChI=1S/C10H5Cl3N2O/c11-6-3-7(12)5-8(4-6)16-10-9(13)14-1-2-15-10/h1-5H. The molecule has 6 heteroatoms. The Hall–Kier alpha value is -1.03. The highest BCUT2D eigenvalue weighted by Gasteiger charge is 2.06. The van der Waals surface area contributed by atoms with Gasteiger partial charge in [0.25, 0.3) is 5.88 Å². The second kappa shape index (κ2) is 4.87. The molecule has 0 spiro atoms. The molecule has 0 fully saturated rings. The van der Waals surface area contributed by atoms with Crippen LogP contribution in [0, 0.1) is 0 Å². The number of aromatic nitrogens is 2. The van der Waals surface area contributed by atoms with Crippen molar-refractivity contribution in [1.82, 2.24) is 9.97 Å². The molecule has 2 aromatic rings. The number of ether oxygens (including phenoxy) is 1. The Kier molecular flexibility index (Phi) is 3.49. The van der Waals surface area contributed by atoms with Gasteiger partial charge in [0.1, 0.15) is 5.75 Å². The first kappa shape index (κ1) is 11.5. The Morgan fingerprint density at radius 2 is 1.50 bits per heavy atom. The summed E-state index contributed by atoms with van der Waals surface area (Å²) in [7, 11) is 0. The van der Waals surface area contributed by atoms with Crippen molar-refractivity contribution in [3.8, 4) is 11.6 Å². The molecule has 3 nitrogen and oxygen atoms in total. The van der Waals surface area contributed by atoms with Crippen LogP contribution in [0.4, 0.5) is 0 Å². The number of hydrogen-bond acceptors (Lipinski definition) is 3. The quantitative estimate of drug-likeness (QED) is 0.822. The minimum Gasteiger partial charge on any atom is -0.436 e. The van der Waals surface area contributed by atoms with Crippen molar-refractivity contribution in [3.63, 3.8) is 0 Å². The summed E-state index contributed by atoms with van der Waals surface area (Å²) >= 11 is 17.4. The van der Waals surface area contributed by atoms with Crippen LogP contribution in [0.25, 0.3) is 0 Å². The van der Waals surface area contributed by atoms with Crippen LogP contribution >= 0.6 is 34.8 Å². The fourth-order valence-corrected chi connectivity index (χ4v) is 1.73. The minimum absolute atomic E-state index is 0.179. The number of hydrogen-bond donors (Lipinski definition) is 0. The highest BCUT2D eigenvalue weighted by molar-refractivity contribution is 6.34. The van der Waals surface area contributed by atoms with Gasteiger partial charge >= 0.3 is 0 Å². The zero-order chi connectivity index (χ0) is 11.5. The zero-order valence-electron chi connectivity index (χ0n) is 7.82. The minimum atomic E-state index is 0.179. The first-order chi connectivity index (χ1) is 7.65. The smallest absolute Gasteiger partial charge is 0.257 e. The Labute approximate surface area is 107 Å². The van der Waals surface area contributed by atoms with Gasteiger partial charge in [-0.1, -0.05) is 34.8 Å².